The van der Waals surface area contributed by atoms with Gasteiger partial charge >= 0.3 is 0 Å². The van der Waals surface area contributed by atoms with Gasteiger partial charge in [0, 0.05) is 29.9 Å². The number of benzene rings is 1. The van der Waals surface area contributed by atoms with Gasteiger partial charge in [0.25, 0.3) is 5.91 Å². The molecule has 1 aliphatic heterocycles. The number of rotatable bonds is 3. The maximum atomic E-state index is 12.7. The number of hydrogen-bond donors (Lipinski definition) is 2. The van der Waals surface area contributed by atoms with E-state index in [2.05, 4.69) is 32.3 Å². The molecule has 1 aromatic carbocycles. The lowest BCUT2D eigenvalue weighted by molar-refractivity contribution is 0.0895. The van der Waals surface area contributed by atoms with Crippen LogP contribution in [0.1, 0.15) is 29.8 Å². The van der Waals surface area contributed by atoms with Gasteiger partial charge in [-0.2, -0.15) is 0 Å². The average molecular weight is 383 g/mol. The Morgan fingerprint density at radius 1 is 1.00 bits per heavy atom. The number of aromatic amines is 1. The summed E-state index contributed by atoms with van der Waals surface area (Å²) < 4.78 is 0. The molecule has 0 aliphatic carbocycles. The summed E-state index contributed by atoms with van der Waals surface area (Å²) in [7, 11) is 0. The first-order valence-electron chi connectivity index (χ1n) is 9.60. The summed E-state index contributed by atoms with van der Waals surface area (Å²) in [6, 6.07) is 17.9. The summed E-state index contributed by atoms with van der Waals surface area (Å²) in [6.45, 7) is 4.65. The highest BCUT2D eigenvalue weighted by Crippen LogP contribution is 2.34. The molecular weight excluding hydrogens is 362 g/mol. The van der Waals surface area contributed by atoms with Crippen LogP contribution >= 0.6 is 0 Å². The third-order valence-corrected chi connectivity index (χ3v) is 5.38. The van der Waals surface area contributed by atoms with E-state index in [1.54, 1.807) is 6.20 Å². The number of nitrogens with one attached hydrogen (secondary N) is 2. The van der Waals surface area contributed by atoms with Gasteiger partial charge in [-0.15, -0.1) is 0 Å². The van der Waals surface area contributed by atoms with Crippen LogP contribution in [0, 0.1) is 0 Å². The fraction of sp³-hybridized carbons (Fsp3) is 0.174. The van der Waals surface area contributed by atoms with E-state index in [1.165, 1.54) is 0 Å². The summed E-state index contributed by atoms with van der Waals surface area (Å²) in [5.41, 5.74) is 3.79. The van der Waals surface area contributed by atoms with Crippen molar-refractivity contribution in [2.75, 3.05) is 4.90 Å². The maximum Gasteiger partial charge on any atom is 0.256 e. The minimum absolute atomic E-state index is 0.103. The molecule has 2 N–H and O–H groups in total. The van der Waals surface area contributed by atoms with Gasteiger partial charge in [-0.3, -0.25) is 4.79 Å². The Bertz CT molecular complexity index is 1210. The fourth-order valence-electron chi connectivity index (χ4n) is 3.87. The van der Waals surface area contributed by atoms with Gasteiger partial charge in [-0.25, -0.2) is 9.97 Å². The molecule has 3 aromatic heterocycles. The average Bonchev–Trinajstić information content (AvgIpc) is 3.15. The minimum atomic E-state index is -0.562. The Labute approximate surface area is 168 Å². The number of hydrogen-bond acceptors (Lipinski definition) is 4. The van der Waals surface area contributed by atoms with Gasteiger partial charge in [0.1, 0.15) is 17.1 Å². The van der Waals surface area contributed by atoms with E-state index in [-0.39, 0.29) is 5.91 Å². The van der Waals surface area contributed by atoms with E-state index in [4.69, 9.17) is 4.98 Å². The lowest BCUT2D eigenvalue weighted by Crippen LogP contribution is -2.60. The summed E-state index contributed by atoms with van der Waals surface area (Å²) in [6.07, 6.45) is 3.68. The predicted molar refractivity (Wildman–Crippen MR) is 113 cm³/mol. The van der Waals surface area contributed by atoms with Crippen molar-refractivity contribution in [2.24, 2.45) is 0 Å². The summed E-state index contributed by atoms with van der Waals surface area (Å²) in [5, 5.41) is 4.11. The highest BCUT2D eigenvalue weighted by Gasteiger charge is 2.38. The van der Waals surface area contributed by atoms with Crippen LogP contribution in [0.15, 0.2) is 67.0 Å². The van der Waals surface area contributed by atoms with Crippen LogP contribution in [0.5, 0.6) is 0 Å². The number of fused-ring (bicyclic) bond motifs is 2. The molecule has 0 saturated heterocycles. The second kappa shape index (κ2) is 6.44. The van der Waals surface area contributed by atoms with Crippen molar-refractivity contribution >= 4 is 22.8 Å². The molecule has 0 radical (unpaired) electrons. The molecular formula is C23H21N5O. The van der Waals surface area contributed by atoms with E-state index in [0.717, 1.165) is 27.9 Å². The van der Waals surface area contributed by atoms with Crippen LogP contribution in [-0.4, -0.2) is 26.5 Å². The lowest BCUT2D eigenvalue weighted by Gasteiger charge is -2.44. The van der Waals surface area contributed by atoms with Gasteiger partial charge < -0.3 is 15.2 Å². The van der Waals surface area contributed by atoms with Crippen LogP contribution in [-0.2, 0) is 6.54 Å². The standard InChI is InChI=1S/C23H21N5O/c1-23(2)27-22(29)17-10-11-19(18-13-25-20-16(18)9-6-12-24-20)26-21(17)28(23)14-15-7-4-3-5-8-15/h3-13H,14H2,1-2H3,(H,24,25)(H,27,29). The second-order valence-electron chi connectivity index (χ2n) is 7.75. The smallest absolute Gasteiger partial charge is 0.256 e. The van der Waals surface area contributed by atoms with Crippen LogP contribution in [0.2, 0.25) is 0 Å². The van der Waals surface area contributed by atoms with Crippen LogP contribution in [0.3, 0.4) is 0 Å². The number of carbonyl (C=O) groups is 1. The van der Waals surface area contributed by atoms with Crippen LogP contribution < -0.4 is 10.2 Å². The van der Waals surface area contributed by atoms with Crippen molar-refractivity contribution in [3.8, 4) is 11.3 Å². The second-order valence-corrected chi connectivity index (χ2v) is 7.75. The number of nitrogens with zero attached hydrogens (tertiary/aromatic N) is 3. The van der Waals surface area contributed by atoms with E-state index in [1.807, 2.05) is 62.5 Å². The van der Waals surface area contributed by atoms with E-state index >= 15 is 0 Å². The highest BCUT2D eigenvalue weighted by molar-refractivity contribution is 6.02. The fourth-order valence-corrected chi connectivity index (χ4v) is 3.87. The van der Waals surface area contributed by atoms with Crippen molar-refractivity contribution in [1.82, 2.24) is 20.3 Å². The zero-order valence-electron chi connectivity index (χ0n) is 16.3. The third kappa shape index (κ3) is 2.93. The quantitative estimate of drug-likeness (QED) is 0.558. The maximum absolute atomic E-state index is 12.7. The molecule has 1 aliphatic rings. The number of anilines is 1. The van der Waals surface area contributed by atoms with Gasteiger partial charge in [-0.05, 0) is 43.7 Å². The molecule has 6 heteroatoms. The number of pyridine rings is 2. The zero-order chi connectivity index (χ0) is 20.0. The first kappa shape index (κ1) is 17.4. The number of carbonyl (C=O) groups excluding carboxylic acids is 1. The monoisotopic (exact) mass is 383 g/mol. The number of aromatic nitrogens is 3. The van der Waals surface area contributed by atoms with Gasteiger partial charge in [-0.1, -0.05) is 30.3 Å². The van der Waals surface area contributed by atoms with E-state index < -0.39 is 5.66 Å². The first-order chi connectivity index (χ1) is 14.0. The molecule has 4 heterocycles. The topological polar surface area (TPSA) is 73.9 Å². The molecule has 0 spiro atoms. The van der Waals surface area contributed by atoms with Gasteiger partial charge in [0.15, 0.2) is 0 Å². The third-order valence-electron chi connectivity index (χ3n) is 5.38. The van der Waals surface area contributed by atoms with E-state index in [0.29, 0.717) is 17.9 Å². The van der Waals surface area contributed by atoms with Crippen molar-refractivity contribution in [1.29, 1.82) is 0 Å². The minimum Gasteiger partial charge on any atom is -0.345 e. The molecule has 144 valence electrons. The van der Waals surface area contributed by atoms with Gasteiger partial charge in [0.2, 0.25) is 0 Å². The Morgan fingerprint density at radius 3 is 2.66 bits per heavy atom. The molecule has 0 atom stereocenters. The predicted octanol–water partition coefficient (Wildman–Crippen LogP) is 4.11. The van der Waals surface area contributed by atoms with Gasteiger partial charge in [0.05, 0.1) is 11.3 Å². The van der Waals surface area contributed by atoms with Crippen LogP contribution in [0.4, 0.5) is 5.82 Å². The molecule has 29 heavy (non-hydrogen) atoms. The highest BCUT2D eigenvalue weighted by atomic mass is 16.2. The first-order valence-corrected chi connectivity index (χ1v) is 9.60. The van der Waals surface area contributed by atoms with Crippen molar-refractivity contribution < 1.29 is 4.79 Å². The van der Waals surface area contributed by atoms with Crippen LogP contribution in [0.25, 0.3) is 22.3 Å². The van der Waals surface area contributed by atoms with Crippen molar-refractivity contribution in [3.63, 3.8) is 0 Å². The molecule has 0 saturated carbocycles. The Balaban J connectivity index is 1.65. The Hall–Kier alpha value is -3.67. The Kier molecular flexibility index (Phi) is 3.87. The van der Waals surface area contributed by atoms with Crippen molar-refractivity contribution in [2.45, 2.75) is 26.1 Å². The molecule has 0 unspecified atom stereocenters. The molecule has 4 aromatic rings. The molecule has 0 bridgehead atoms. The molecule has 0 fully saturated rings. The summed E-state index contributed by atoms with van der Waals surface area (Å²) in [5.74, 6) is 0.590. The largest absolute Gasteiger partial charge is 0.345 e. The number of H-pyrrole nitrogens is 1. The Morgan fingerprint density at radius 2 is 1.83 bits per heavy atom. The normalized spacial score (nSPS) is 15.2. The summed E-state index contributed by atoms with van der Waals surface area (Å²) >= 11 is 0. The summed E-state index contributed by atoms with van der Waals surface area (Å²) in [4.78, 5) is 27.4. The zero-order valence-corrected chi connectivity index (χ0v) is 16.3. The molecule has 6 nitrogen and oxygen atoms in total. The lowest BCUT2D eigenvalue weighted by atomic mass is 10.0. The SMILES string of the molecule is CC1(C)NC(=O)c2ccc(-c3c[nH]c4ncccc34)nc2N1Cc1ccccc1. The van der Waals surface area contributed by atoms with E-state index in [9.17, 15) is 4.79 Å². The van der Waals surface area contributed by atoms with Crippen molar-refractivity contribution in [3.05, 3.63) is 78.1 Å². The molecule has 5 rings (SSSR count). The molecule has 1 amide bonds. The number of amides is 1.